The lowest BCUT2D eigenvalue weighted by Crippen LogP contribution is -2.19. The average Bonchev–Trinajstić information content (AvgIpc) is 2.49. The quantitative estimate of drug-likeness (QED) is 0.750. The van der Waals surface area contributed by atoms with E-state index < -0.39 is 0 Å². The first-order valence-electron chi connectivity index (χ1n) is 8.00. The molecule has 22 heavy (non-hydrogen) atoms. The van der Waals surface area contributed by atoms with Gasteiger partial charge in [-0.1, -0.05) is 56.3 Å². The molecule has 1 unspecified atom stereocenters. The summed E-state index contributed by atoms with van der Waals surface area (Å²) in [5.41, 5.74) is 2.72. The number of rotatable bonds is 7. The minimum Gasteiger partial charge on any atom is -0.492 e. The van der Waals surface area contributed by atoms with Gasteiger partial charge in [0.2, 0.25) is 0 Å². The first kappa shape index (κ1) is 16.6. The predicted molar refractivity (Wildman–Crippen MR) is 93.6 cm³/mol. The van der Waals surface area contributed by atoms with Crippen LogP contribution in [0.15, 0.2) is 54.6 Å². The fourth-order valence-electron chi connectivity index (χ4n) is 2.74. The van der Waals surface area contributed by atoms with Crippen LogP contribution in [0.3, 0.4) is 0 Å². The number of ether oxygens (including phenoxy) is 1. The maximum Gasteiger partial charge on any atom is 0.119 e. The zero-order valence-corrected chi connectivity index (χ0v) is 14.1. The molecule has 118 valence electrons. The van der Waals surface area contributed by atoms with Crippen molar-refractivity contribution < 1.29 is 4.74 Å². The third-order valence-electron chi connectivity index (χ3n) is 3.87. The van der Waals surface area contributed by atoms with Crippen LogP contribution in [-0.4, -0.2) is 32.1 Å². The molecule has 0 amide bonds. The monoisotopic (exact) mass is 297 g/mol. The van der Waals surface area contributed by atoms with Gasteiger partial charge in [-0.3, -0.25) is 0 Å². The highest BCUT2D eigenvalue weighted by molar-refractivity contribution is 5.36. The molecule has 2 heteroatoms. The van der Waals surface area contributed by atoms with Gasteiger partial charge in [0, 0.05) is 12.5 Å². The largest absolute Gasteiger partial charge is 0.492 e. The normalized spacial score (nSPS) is 12.6. The first-order chi connectivity index (χ1) is 10.6. The Morgan fingerprint density at radius 1 is 0.864 bits per heavy atom. The molecule has 0 radical (unpaired) electrons. The Hall–Kier alpha value is -1.80. The molecule has 2 aromatic carbocycles. The topological polar surface area (TPSA) is 12.5 Å². The molecule has 0 saturated heterocycles. The van der Waals surface area contributed by atoms with Crippen LogP contribution in [0.2, 0.25) is 0 Å². The third kappa shape index (κ3) is 4.60. The molecule has 0 spiro atoms. The molecule has 0 aromatic heterocycles. The molecule has 2 nitrogen and oxygen atoms in total. The van der Waals surface area contributed by atoms with E-state index in [4.69, 9.17) is 4.74 Å². The number of hydrogen-bond donors (Lipinski definition) is 0. The van der Waals surface area contributed by atoms with Crippen molar-refractivity contribution in [3.63, 3.8) is 0 Å². The molecule has 0 aliphatic rings. The molecule has 0 heterocycles. The summed E-state index contributed by atoms with van der Waals surface area (Å²) >= 11 is 0. The summed E-state index contributed by atoms with van der Waals surface area (Å²) in [5.74, 6) is 1.93. The van der Waals surface area contributed by atoms with Gasteiger partial charge in [0.1, 0.15) is 12.4 Å². The zero-order valence-electron chi connectivity index (χ0n) is 14.1. The van der Waals surface area contributed by atoms with Crippen molar-refractivity contribution in [1.29, 1.82) is 0 Å². The second-order valence-electron chi connectivity index (χ2n) is 6.35. The van der Waals surface area contributed by atoms with Gasteiger partial charge >= 0.3 is 0 Å². The van der Waals surface area contributed by atoms with E-state index in [1.165, 1.54) is 11.1 Å². The summed E-state index contributed by atoms with van der Waals surface area (Å²) < 4.78 is 5.78. The van der Waals surface area contributed by atoms with Crippen LogP contribution in [0.1, 0.15) is 30.9 Å². The van der Waals surface area contributed by atoms with E-state index in [9.17, 15) is 0 Å². The summed E-state index contributed by atoms with van der Waals surface area (Å²) in [6.45, 7) is 6.21. The molecule has 2 aromatic rings. The number of likely N-dealkylation sites (N-methyl/N-ethyl adjacent to an activating group) is 1. The van der Waals surface area contributed by atoms with E-state index in [-0.39, 0.29) is 0 Å². The lowest BCUT2D eigenvalue weighted by molar-refractivity contribution is 0.261. The second-order valence-corrected chi connectivity index (χ2v) is 6.35. The summed E-state index contributed by atoms with van der Waals surface area (Å²) in [6.07, 6.45) is 0. The number of hydrogen-bond acceptors (Lipinski definition) is 2. The SMILES string of the molecule is CC(C)C(c1ccccc1)c1ccc(OCCN(C)C)cc1. The molecule has 0 bridgehead atoms. The molecule has 0 saturated carbocycles. The second kappa shape index (κ2) is 8.00. The van der Waals surface area contributed by atoms with E-state index in [1.54, 1.807) is 0 Å². The van der Waals surface area contributed by atoms with Crippen molar-refractivity contribution in [2.75, 3.05) is 27.2 Å². The highest BCUT2D eigenvalue weighted by Gasteiger charge is 2.17. The van der Waals surface area contributed by atoms with Crippen LogP contribution in [-0.2, 0) is 0 Å². The van der Waals surface area contributed by atoms with Crippen molar-refractivity contribution in [3.05, 3.63) is 65.7 Å². The van der Waals surface area contributed by atoms with E-state index in [0.717, 1.165) is 18.9 Å². The molecule has 0 aliphatic heterocycles. The van der Waals surface area contributed by atoms with Crippen molar-refractivity contribution >= 4 is 0 Å². The Morgan fingerprint density at radius 3 is 2.00 bits per heavy atom. The smallest absolute Gasteiger partial charge is 0.119 e. The van der Waals surface area contributed by atoms with Crippen molar-refractivity contribution in [1.82, 2.24) is 4.90 Å². The number of nitrogens with zero attached hydrogens (tertiary/aromatic N) is 1. The van der Waals surface area contributed by atoms with Crippen molar-refractivity contribution in [2.45, 2.75) is 19.8 Å². The Morgan fingerprint density at radius 2 is 1.45 bits per heavy atom. The molecule has 0 aliphatic carbocycles. The molecule has 0 fully saturated rings. The van der Waals surface area contributed by atoms with Crippen LogP contribution in [0, 0.1) is 5.92 Å². The molecule has 1 atom stereocenters. The Kier molecular flexibility index (Phi) is 6.02. The Bertz CT molecular complexity index is 546. The zero-order chi connectivity index (χ0) is 15.9. The average molecular weight is 297 g/mol. The highest BCUT2D eigenvalue weighted by Crippen LogP contribution is 2.32. The van der Waals surface area contributed by atoms with Gasteiger partial charge < -0.3 is 9.64 Å². The minimum atomic E-state index is 0.428. The lowest BCUT2D eigenvalue weighted by atomic mass is 9.83. The van der Waals surface area contributed by atoms with Gasteiger partial charge in [0.15, 0.2) is 0 Å². The fraction of sp³-hybridized carbons (Fsp3) is 0.400. The lowest BCUT2D eigenvalue weighted by Gasteiger charge is -2.22. The van der Waals surface area contributed by atoms with Crippen molar-refractivity contribution in [3.8, 4) is 5.75 Å². The molecule has 2 rings (SSSR count). The summed E-state index contributed by atoms with van der Waals surface area (Å²) in [5, 5.41) is 0. The maximum absolute atomic E-state index is 5.78. The van der Waals surface area contributed by atoms with Gasteiger partial charge in [-0.05, 0) is 43.3 Å². The van der Waals surface area contributed by atoms with Gasteiger partial charge in [-0.25, -0.2) is 0 Å². The van der Waals surface area contributed by atoms with Crippen LogP contribution in [0.5, 0.6) is 5.75 Å². The van der Waals surface area contributed by atoms with Crippen LogP contribution in [0.4, 0.5) is 0 Å². The standard InChI is InChI=1S/C20H27NO/c1-16(2)20(17-8-6-5-7-9-17)18-10-12-19(13-11-18)22-15-14-21(3)4/h5-13,16,20H,14-15H2,1-4H3. The van der Waals surface area contributed by atoms with Gasteiger partial charge in [0.05, 0.1) is 0 Å². The van der Waals surface area contributed by atoms with E-state index in [1.807, 2.05) is 0 Å². The van der Waals surface area contributed by atoms with E-state index >= 15 is 0 Å². The predicted octanol–water partition coefficient (Wildman–Crippen LogP) is 4.41. The summed E-state index contributed by atoms with van der Waals surface area (Å²) in [7, 11) is 4.11. The Balaban J connectivity index is 2.10. The van der Waals surface area contributed by atoms with Crippen LogP contribution >= 0.6 is 0 Å². The van der Waals surface area contributed by atoms with Crippen LogP contribution < -0.4 is 4.74 Å². The first-order valence-corrected chi connectivity index (χ1v) is 8.00. The van der Waals surface area contributed by atoms with E-state index in [0.29, 0.717) is 11.8 Å². The van der Waals surface area contributed by atoms with Crippen molar-refractivity contribution in [2.24, 2.45) is 5.92 Å². The third-order valence-corrected chi connectivity index (χ3v) is 3.87. The summed E-state index contributed by atoms with van der Waals surface area (Å²) in [6, 6.07) is 19.3. The van der Waals surface area contributed by atoms with Crippen LogP contribution in [0.25, 0.3) is 0 Å². The van der Waals surface area contributed by atoms with E-state index in [2.05, 4.69) is 87.4 Å². The number of benzene rings is 2. The highest BCUT2D eigenvalue weighted by atomic mass is 16.5. The van der Waals surface area contributed by atoms with Gasteiger partial charge in [0.25, 0.3) is 0 Å². The van der Waals surface area contributed by atoms with Gasteiger partial charge in [-0.15, -0.1) is 0 Å². The minimum absolute atomic E-state index is 0.428. The maximum atomic E-state index is 5.78. The van der Waals surface area contributed by atoms with Gasteiger partial charge in [-0.2, -0.15) is 0 Å². The molecular formula is C20H27NO. The molecular weight excluding hydrogens is 270 g/mol. The Labute approximate surface area is 134 Å². The summed E-state index contributed by atoms with van der Waals surface area (Å²) in [4.78, 5) is 2.12. The molecule has 0 N–H and O–H groups in total. The fourth-order valence-corrected chi connectivity index (χ4v) is 2.74.